The highest BCUT2D eigenvalue weighted by molar-refractivity contribution is 5.15. The molecule has 0 fully saturated rings. The molecule has 2 N–H and O–H groups in total. The number of rotatable bonds is 4. The van der Waals surface area contributed by atoms with Gasteiger partial charge in [-0.1, -0.05) is 30.3 Å². The molecule has 0 spiro atoms. The predicted octanol–water partition coefficient (Wildman–Crippen LogP) is -2.09. The van der Waals surface area contributed by atoms with E-state index in [1.165, 1.54) is 5.56 Å². The Labute approximate surface area is 101 Å². The van der Waals surface area contributed by atoms with E-state index < -0.39 is 0 Å². The molecule has 3 nitrogen and oxygen atoms in total. The van der Waals surface area contributed by atoms with E-state index in [2.05, 4.69) is 4.98 Å². The van der Waals surface area contributed by atoms with Crippen molar-refractivity contribution in [3.05, 3.63) is 54.6 Å². The summed E-state index contributed by atoms with van der Waals surface area (Å²) < 4.78 is 1.94. The van der Waals surface area contributed by atoms with Gasteiger partial charge in [-0.3, -0.25) is 4.98 Å². The largest absolute Gasteiger partial charge is 1.00 e. The predicted molar refractivity (Wildman–Crippen MR) is 57.1 cm³/mol. The maximum Gasteiger partial charge on any atom is 0.241 e. The summed E-state index contributed by atoms with van der Waals surface area (Å²) >= 11 is 0. The average molecular weight is 239 g/mol. The van der Waals surface area contributed by atoms with Crippen LogP contribution < -0.4 is 17.0 Å². The Hall–Kier alpha value is -1.32. The van der Waals surface area contributed by atoms with Crippen LogP contribution >= 0.6 is 0 Å². The second kappa shape index (κ2) is 6.30. The molecule has 0 saturated carbocycles. The summed E-state index contributed by atoms with van der Waals surface area (Å²) in [6, 6.07) is 10.0. The lowest BCUT2D eigenvalue weighted by Gasteiger charge is -2.07. The molecule has 0 aliphatic carbocycles. The Bertz CT molecular complexity index is 389. The van der Waals surface area contributed by atoms with E-state index in [0.29, 0.717) is 13.0 Å². The molecule has 0 aliphatic heterocycles. The first-order valence-electron chi connectivity index (χ1n) is 5.08. The minimum atomic E-state index is -0.340. The number of halogens is 1. The van der Waals surface area contributed by atoms with Crippen molar-refractivity contribution < 1.29 is 22.1 Å². The Morgan fingerprint density at radius 1 is 1.25 bits per heavy atom. The van der Waals surface area contributed by atoms with Crippen LogP contribution in [0.15, 0.2) is 49.1 Å². The van der Waals surface area contributed by atoms with Gasteiger partial charge in [-0.05, 0) is 5.56 Å². The van der Waals surface area contributed by atoms with Crippen LogP contribution in [0.4, 0.5) is 0 Å². The van der Waals surface area contributed by atoms with Crippen LogP contribution in [0.5, 0.6) is 0 Å². The number of aromatic nitrogens is 2. The first-order valence-corrected chi connectivity index (χ1v) is 5.08. The summed E-state index contributed by atoms with van der Waals surface area (Å²) in [6.07, 6.45) is 5.95. The Balaban J connectivity index is 0.00000128. The lowest BCUT2D eigenvalue weighted by molar-refractivity contribution is -0.702. The molecule has 0 amide bonds. The molecule has 1 heterocycles. The molecular weight excluding hydrogens is 224 g/mol. The lowest BCUT2D eigenvalue weighted by Crippen LogP contribution is -3.00. The van der Waals surface area contributed by atoms with Crippen molar-refractivity contribution in [2.75, 3.05) is 0 Å². The van der Waals surface area contributed by atoms with Gasteiger partial charge in [0, 0.05) is 6.42 Å². The van der Waals surface area contributed by atoms with Gasteiger partial charge in [-0.15, -0.1) is 0 Å². The fraction of sp³-hybridized carbons (Fsp3) is 0.250. The van der Waals surface area contributed by atoms with Gasteiger partial charge in [0.05, 0.1) is 6.10 Å². The molecule has 0 bridgehead atoms. The maximum atomic E-state index is 9.84. The quantitative estimate of drug-likeness (QED) is 0.590. The lowest BCUT2D eigenvalue weighted by atomic mass is 10.1. The summed E-state index contributed by atoms with van der Waals surface area (Å²) in [5, 5.41) is 9.84. The fourth-order valence-electron chi connectivity index (χ4n) is 1.63. The number of H-pyrrole nitrogens is 1. The van der Waals surface area contributed by atoms with Gasteiger partial charge < -0.3 is 17.5 Å². The summed E-state index contributed by atoms with van der Waals surface area (Å²) in [5.41, 5.74) is 1.17. The van der Waals surface area contributed by atoms with Crippen LogP contribution in [0, 0.1) is 0 Å². The standard InChI is InChI=1S/C12H14N2O.ClH/c15-12(9-14-7-6-13-10-14)8-11-4-2-1-3-5-11;/h1-7,10,12,15H,8-9H2;1H. The monoisotopic (exact) mass is 238 g/mol. The number of aliphatic hydroxyl groups is 1. The zero-order chi connectivity index (χ0) is 10.5. The summed E-state index contributed by atoms with van der Waals surface area (Å²) in [7, 11) is 0. The molecule has 2 rings (SSSR count). The minimum absolute atomic E-state index is 0. The highest BCUT2D eigenvalue weighted by Crippen LogP contribution is 2.02. The van der Waals surface area contributed by atoms with Gasteiger partial charge in [0.15, 0.2) is 0 Å². The number of nitrogens with zero attached hydrogens (tertiary/aromatic N) is 1. The molecule has 2 aromatic rings. The van der Waals surface area contributed by atoms with E-state index in [1.54, 1.807) is 0 Å². The van der Waals surface area contributed by atoms with E-state index in [4.69, 9.17) is 0 Å². The molecule has 0 radical (unpaired) electrons. The molecule has 1 aromatic heterocycles. The molecule has 0 saturated heterocycles. The third-order valence-corrected chi connectivity index (χ3v) is 2.34. The molecular formula is C12H15ClN2O. The normalized spacial score (nSPS) is 11.8. The summed E-state index contributed by atoms with van der Waals surface area (Å²) in [4.78, 5) is 2.95. The van der Waals surface area contributed by atoms with Crippen LogP contribution in [0.1, 0.15) is 5.56 Å². The topological polar surface area (TPSA) is 39.9 Å². The van der Waals surface area contributed by atoms with Crippen molar-refractivity contribution in [2.24, 2.45) is 0 Å². The van der Waals surface area contributed by atoms with Gasteiger partial charge in [0.2, 0.25) is 6.33 Å². The molecule has 1 aromatic carbocycles. The number of aliphatic hydroxyl groups excluding tert-OH is 1. The van der Waals surface area contributed by atoms with E-state index in [0.717, 1.165) is 0 Å². The van der Waals surface area contributed by atoms with Crippen molar-refractivity contribution >= 4 is 0 Å². The number of imidazole rings is 1. The van der Waals surface area contributed by atoms with Crippen molar-refractivity contribution in [1.29, 1.82) is 0 Å². The van der Waals surface area contributed by atoms with Crippen LogP contribution in [-0.2, 0) is 13.0 Å². The van der Waals surface area contributed by atoms with E-state index in [1.807, 2.05) is 53.6 Å². The van der Waals surface area contributed by atoms with Crippen LogP contribution in [-0.4, -0.2) is 16.2 Å². The van der Waals surface area contributed by atoms with E-state index >= 15 is 0 Å². The molecule has 1 unspecified atom stereocenters. The van der Waals surface area contributed by atoms with Gasteiger partial charge in [0.1, 0.15) is 18.9 Å². The smallest absolute Gasteiger partial charge is 0.241 e. The second-order valence-corrected chi connectivity index (χ2v) is 3.65. The highest BCUT2D eigenvalue weighted by atomic mass is 35.5. The van der Waals surface area contributed by atoms with Gasteiger partial charge in [-0.25, -0.2) is 4.57 Å². The number of nitrogens with one attached hydrogen (secondary N) is 1. The molecule has 86 valence electrons. The van der Waals surface area contributed by atoms with Crippen molar-refractivity contribution in [3.63, 3.8) is 0 Å². The van der Waals surface area contributed by atoms with Crippen LogP contribution in [0.25, 0.3) is 0 Å². The fourth-order valence-corrected chi connectivity index (χ4v) is 1.63. The summed E-state index contributed by atoms with van der Waals surface area (Å²) in [6.45, 7) is 0.623. The Morgan fingerprint density at radius 3 is 2.62 bits per heavy atom. The number of hydrogen-bond acceptors (Lipinski definition) is 1. The maximum absolute atomic E-state index is 9.84. The van der Waals surface area contributed by atoms with Gasteiger partial charge >= 0.3 is 0 Å². The van der Waals surface area contributed by atoms with Crippen molar-refractivity contribution in [2.45, 2.75) is 19.1 Å². The first kappa shape index (κ1) is 12.7. The van der Waals surface area contributed by atoms with E-state index in [9.17, 15) is 5.11 Å². The average Bonchev–Trinajstić information content (AvgIpc) is 2.71. The Morgan fingerprint density at radius 2 is 2.00 bits per heavy atom. The van der Waals surface area contributed by atoms with Gasteiger partial charge in [-0.2, -0.15) is 0 Å². The van der Waals surface area contributed by atoms with Crippen LogP contribution in [0.3, 0.4) is 0 Å². The molecule has 4 heteroatoms. The molecule has 16 heavy (non-hydrogen) atoms. The number of hydrogen-bond donors (Lipinski definition) is 2. The number of aromatic amines is 1. The van der Waals surface area contributed by atoms with E-state index in [-0.39, 0.29) is 18.5 Å². The minimum Gasteiger partial charge on any atom is -1.00 e. The van der Waals surface area contributed by atoms with Crippen molar-refractivity contribution in [1.82, 2.24) is 4.98 Å². The zero-order valence-electron chi connectivity index (χ0n) is 8.88. The zero-order valence-corrected chi connectivity index (χ0v) is 9.64. The third-order valence-electron chi connectivity index (χ3n) is 2.34. The third kappa shape index (κ3) is 3.68. The highest BCUT2D eigenvalue weighted by Gasteiger charge is 2.08. The number of benzene rings is 1. The first-order chi connectivity index (χ1) is 7.34. The molecule has 1 atom stereocenters. The SMILES string of the molecule is OC(Cc1ccccc1)C[n+]1cc[nH]c1.[Cl-]. The van der Waals surface area contributed by atoms with Crippen molar-refractivity contribution in [3.8, 4) is 0 Å². The Kier molecular flexibility index (Phi) is 5.02. The van der Waals surface area contributed by atoms with Crippen LogP contribution in [0.2, 0.25) is 0 Å². The van der Waals surface area contributed by atoms with Gasteiger partial charge in [0.25, 0.3) is 0 Å². The second-order valence-electron chi connectivity index (χ2n) is 3.65. The summed E-state index contributed by atoms with van der Waals surface area (Å²) in [5.74, 6) is 0. The molecule has 0 aliphatic rings.